The molecule has 1 saturated carbocycles. The fourth-order valence-corrected chi connectivity index (χ4v) is 7.77. The van der Waals surface area contributed by atoms with Crippen LogP contribution in [0.5, 0.6) is 0 Å². The molecule has 3 aromatic heterocycles. The van der Waals surface area contributed by atoms with Gasteiger partial charge in [0.2, 0.25) is 0 Å². The molecule has 0 saturated heterocycles. The minimum atomic E-state index is -2.71. The van der Waals surface area contributed by atoms with Crippen LogP contribution in [0.1, 0.15) is 105 Å². The van der Waals surface area contributed by atoms with Crippen LogP contribution in [0.15, 0.2) is 132 Å². The molecule has 60 heavy (non-hydrogen) atoms. The maximum absolute atomic E-state index is 9.99. The summed E-state index contributed by atoms with van der Waals surface area (Å²) in [4.78, 5) is 9.02. The van der Waals surface area contributed by atoms with Crippen molar-refractivity contribution in [2.24, 2.45) is 5.41 Å². The second-order valence-corrected chi connectivity index (χ2v) is 17.1. The molecule has 1 radical (unpaired) electrons. The number of hydrogen-bond donors (Lipinski definition) is 0. The van der Waals surface area contributed by atoms with Gasteiger partial charge in [0.25, 0.3) is 0 Å². The molecule has 0 unspecified atom stereocenters. The van der Waals surface area contributed by atoms with E-state index in [-0.39, 0.29) is 64.9 Å². The van der Waals surface area contributed by atoms with Crippen LogP contribution in [0.3, 0.4) is 0 Å². The predicted octanol–water partition coefficient (Wildman–Crippen LogP) is 14.8. The molecule has 5 heteroatoms. The van der Waals surface area contributed by atoms with Crippen molar-refractivity contribution in [2.75, 3.05) is 0 Å². The third-order valence-electron chi connectivity index (χ3n) is 11.4. The molecule has 1 aliphatic rings. The SMILES string of the molecule is CC(C)(C)c1ccc(-c2[c-]cccc2)nc1.[2H]c1cc(C2([2H])CCC(C)(C)CC2)cc(C([2H])([2H])[2H])c1-c1cc(-c2[c-]ccc3c2oc2c(-c4ccccc4)c(C#N)ccc23)ncc1C([2H])([2H])[2H].[Ir]. The van der Waals surface area contributed by atoms with E-state index < -0.39 is 19.6 Å². The Kier molecular flexibility index (Phi) is 9.66. The number of nitrogens with zero attached hydrogens (tertiary/aromatic N) is 3. The molecule has 303 valence electrons. The summed E-state index contributed by atoms with van der Waals surface area (Å²) in [7, 11) is 0. The molecule has 4 nitrogen and oxygen atoms in total. The Morgan fingerprint density at radius 3 is 2.23 bits per heavy atom. The van der Waals surface area contributed by atoms with E-state index in [0.29, 0.717) is 46.3 Å². The molecule has 3 heterocycles. The van der Waals surface area contributed by atoms with Crippen molar-refractivity contribution in [3.05, 3.63) is 168 Å². The Labute approximate surface area is 380 Å². The number of aromatic nitrogens is 2. The number of aryl methyl sites for hydroxylation is 2. The minimum absolute atomic E-state index is 0. The molecular formula is C55H51IrN3O-2. The molecule has 5 aromatic carbocycles. The van der Waals surface area contributed by atoms with Gasteiger partial charge >= 0.3 is 0 Å². The van der Waals surface area contributed by atoms with Gasteiger partial charge in [-0.15, -0.1) is 54.1 Å². The van der Waals surface area contributed by atoms with Crippen LogP contribution in [-0.2, 0) is 25.5 Å². The van der Waals surface area contributed by atoms with E-state index in [1.54, 1.807) is 12.1 Å². The van der Waals surface area contributed by atoms with Crippen LogP contribution in [0.4, 0.5) is 0 Å². The minimum Gasteiger partial charge on any atom is -0.500 e. The van der Waals surface area contributed by atoms with Gasteiger partial charge in [0, 0.05) is 53.0 Å². The van der Waals surface area contributed by atoms with E-state index in [1.807, 2.05) is 72.9 Å². The van der Waals surface area contributed by atoms with Gasteiger partial charge in [-0.05, 0) is 113 Å². The Balaban J connectivity index is 0.000000340. The topological polar surface area (TPSA) is 62.7 Å². The van der Waals surface area contributed by atoms with Crippen molar-refractivity contribution in [1.82, 2.24) is 9.97 Å². The van der Waals surface area contributed by atoms with Gasteiger partial charge in [0.1, 0.15) is 5.58 Å². The summed E-state index contributed by atoms with van der Waals surface area (Å²) in [6.45, 7) is 5.50. The number of furan rings is 1. The molecule has 0 aliphatic heterocycles. The number of benzene rings is 5. The maximum Gasteiger partial charge on any atom is 0.130 e. The fourth-order valence-electron chi connectivity index (χ4n) is 7.77. The van der Waals surface area contributed by atoms with Gasteiger partial charge in [-0.1, -0.05) is 118 Å². The van der Waals surface area contributed by atoms with E-state index in [0.717, 1.165) is 40.4 Å². The van der Waals surface area contributed by atoms with Crippen molar-refractivity contribution < 1.29 is 35.5 Å². The van der Waals surface area contributed by atoms with Crippen LogP contribution in [0.2, 0.25) is 0 Å². The first kappa shape index (κ1) is 33.1. The summed E-state index contributed by atoms with van der Waals surface area (Å²) in [6.07, 6.45) is 5.80. The van der Waals surface area contributed by atoms with Crippen LogP contribution >= 0.6 is 0 Å². The second-order valence-electron chi connectivity index (χ2n) is 17.1. The van der Waals surface area contributed by atoms with Gasteiger partial charge in [0.15, 0.2) is 0 Å². The molecule has 0 amide bonds. The van der Waals surface area contributed by atoms with Crippen molar-refractivity contribution >= 4 is 21.9 Å². The van der Waals surface area contributed by atoms with Gasteiger partial charge in [-0.25, -0.2) is 0 Å². The molecular weight excluding hydrogens is 911 g/mol. The van der Waals surface area contributed by atoms with Crippen molar-refractivity contribution in [2.45, 2.75) is 85.3 Å². The number of pyridine rings is 2. The van der Waals surface area contributed by atoms with Crippen molar-refractivity contribution in [3.63, 3.8) is 0 Å². The third-order valence-corrected chi connectivity index (χ3v) is 11.4. The van der Waals surface area contributed by atoms with Crippen LogP contribution in [0, 0.1) is 42.6 Å². The van der Waals surface area contributed by atoms with Crippen LogP contribution in [0.25, 0.3) is 66.7 Å². The molecule has 0 N–H and O–H groups in total. The molecule has 0 atom stereocenters. The first-order valence-electron chi connectivity index (χ1n) is 24.0. The number of fused-ring (bicyclic) bond motifs is 3. The fraction of sp³-hybridized carbons (Fsp3) is 0.255. The van der Waals surface area contributed by atoms with E-state index in [2.05, 4.69) is 74.9 Å². The average Bonchev–Trinajstić information content (AvgIpc) is 3.68. The number of rotatable bonds is 5. The zero-order chi connectivity index (χ0) is 48.1. The average molecular weight is 970 g/mol. The molecule has 1 fully saturated rings. The second kappa shape index (κ2) is 17.5. The summed E-state index contributed by atoms with van der Waals surface area (Å²) in [5, 5.41) is 11.5. The zero-order valence-electron chi connectivity index (χ0n) is 42.5. The van der Waals surface area contributed by atoms with Crippen molar-refractivity contribution in [3.8, 4) is 50.8 Å². The van der Waals surface area contributed by atoms with Gasteiger partial charge in [-0.3, -0.25) is 0 Å². The van der Waals surface area contributed by atoms with E-state index in [4.69, 9.17) is 12.6 Å². The molecule has 9 rings (SSSR count). The van der Waals surface area contributed by atoms with Crippen LogP contribution < -0.4 is 0 Å². The summed E-state index contributed by atoms with van der Waals surface area (Å²) in [5.41, 5.74) is 7.09. The summed E-state index contributed by atoms with van der Waals surface area (Å²) in [6, 6.07) is 41.7. The largest absolute Gasteiger partial charge is 0.500 e. The van der Waals surface area contributed by atoms with Crippen LogP contribution in [-0.4, -0.2) is 9.97 Å². The van der Waals surface area contributed by atoms with E-state index in [1.165, 1.54) is 30.0 Å². The van der Waals surface area contributed by atoms with E-state index >= 15 is 0 Å². The molecule has 8 aromatic rings. The normalized spacial score (nSPS) is 16.8. The quantitative estimate of drug-likeness (QED) is 0.161. The third kappa shape index (κ3) is 8.78. The molecule has 0 bridgehead atoms. The Morgan fingerprint density at radius 2 is 1.55 bits per heavy atom. The Hall–Kier alpha value is -5.66. The van der Waals surface area contributed by atoms with Gasteiger partial charge in [-0.2, -0.15) is 5.26 Å². The smallest absolute Gasteiger partial charge is 0.130 e. The summed E-state index contributed by atoms with van der Waals surface area (Å²) < 4.78 is 75.7. The summed E-state index contributed by atoms with van der Waals surface area (Å²) in [5.74, 6) is -1.06. The predicted molar refractivity (Wildman–Crippen MR) is 243 cm³/mol. The summed E-state index contributed by atoms with van der Waals surface area (Å²) >= 11 is 0. The van der Waals surface area contributed by atoms with Gasteiger partial charge in [0.05, 0.1) is 18.6 Å². The molecule has 0 spiro atoms. The number of hydrogen-bond acceptors (Lipinski definition) is 4. The monoisotopic (exact) mass is 970 g/mol. The van der Waals surface area contributed by atoms with Gasteiger partial charge < -0.3 is 14.4 Å². The Morgan fingerprint density at radius 1 is 0.800 bits per heavy atom. The maximum atomic E-state index is 9.99. The van der Waals surface area contributed by atoms with E-state index in [9.17, 15) is 8.00 Å². The van der Waals surface area contributed by atoms with Crippen molar-refractivity contribution in [1.29, 1.82) is 5.26 Å². The standard InChI is InChI=1S/C40H35N2O.C15H16N.Ir/c1-25-21-29(27-17-19-40(3,4)20-18-27)13-15-31(25)35-22-36(42-24-26(35)2)34-12-8-11-32-33-16-14-30(23-41)37(39(33)43-38(32)34)28-9-6-5-7-10-28;1-15(2,3)13-9-10-14(16-11-13)12-7-5-4-6-8-12;/h5-11,13-16,21-22,24,27H,17-20H2,1-4H3;4-7,9-11H,1-3H3;/q2*-1;/i1D3,2D3,15D,27D;;. The first-order chi connectivity index (χ1) is 31.6. The number of nitriles is 1. The zero-order valence-corrected chi connectivity index (χ0v) is 36.9. The first-order valence-corrected chi connectivity index (χ1v) is 20.0. The molecule has 1 aliphatic carbocycles. The Bertz CT molecular complexity index is 3140.